The molecule has 31 heavy (non-hydrogen) atoms. The molecular formula is C27H43N3O. The molecule has 1 unspecified atom stereocenters. The molecule has 2 aliphatic rings. The Kier molecular flexibility index (Phi) is 6.36. The predicted molar refractivity (Wildman–Crippen MR) is 132 cm³/mol. The van der Waals surface area contributed by atoms with Crippen LogP contribution >= 0.6 is 0 Å². The maximum Gasteiger partial charge on any atom is 0.118 e. The van der Waals surface area contributed by atoms with E-state index < -0.39 is 0 Å². The van der Waals surface area contributed by atoms with Crippen LogP contribution in [0.3, 0.4) is 0 Å². The number of hydrogen-bond acceptors (Lipinski definition) is 4. The van der Waals surface area contributed by atoms with Gasteiger partial charge in [0.2, 0.25) is 0 Å². The summed E-state index contributed by atoms with van der Waals surface area (Å²) < 4.78 is 5.33. The van der Waals surface area contributed by atoms with E-state index in [-0.39, 0.29) is 22.3 Å². The SMILES string of the molecule is COc1ccc(CN2CCN3C(C(C)(C)C)=NC(C(C)(C)C)C(C(C)(C)C)=C3C2)cc1. The van der Waals surface area contributed by atoms with E-state index in [1.807, 2.05) is 0 Å². The molecule has 0 saturated carbocycles. The lowest BCUT2D eigenvalue weighted by Crippen LogP contribution is -2.55. The van der Waals surface area contributed by atoms with Gasteiger partial charge in [0.15, 0.2) is 0 Å². The molecule has 1 aromatic carbocycles. The molecule has 0 bridgehead atoms. The van der Waals surface area contributed by atoms with Crippen LogP contribution in [0.1, 0.15) is 67.9 Å². The fourth-order valence-corrected chi connectivity index (χ4v) is 4.82. The first-order chi connectivity index (χ1) is 14.2. The zero-order chi connectivity index (χ0) is 23.2. The molecule has 1 fully saturated rings. The number of rotatable bonds is 3. The van der Waals surface area contributed by atoms with Crippen molar-refractivity contribution in [1.82, 2.24) is 9.80 Å². The maximum atomic E-state index is 5.44. The maximum absolute atomic E-state index is 5.44. The Morgan fingerprint density at radius 1 is 0.903 bits per heavy atom. The van der Waals surface area contributed by atoms with E-state index in [0.717, 1.165) is 31.9 Å². The van der Waals surface area contributed by atoms with Crippen LogP contribution in [0, 0.1) is 16.2 Å². The molecule has 1 aromatic rings. The van der Waals surface area contributed by atoms with Gasteiger partial charge in [0.25, 0.3) is 0 Å². The molecule has 0 N–H and O–H groups in total. The molecule has 1 saturated heterocycles. The van der Waals surface area contributed by atoms with Crippen molar-refractivity contribution in [2.45, 2.75) is 74.9 Å². The van der Waals surface area contributed by atoms with Gasteiger partial charge >= 0.3 is 0 Å². The second-order valence-corrected chi connectivity index (χ2v) is 12.3. The summed E-state index contributed by atoms with van der Waals surface area (Å²) in [7, 11) is 1.72. The summed E-state index contributed by atoms with van der Waals surface area (Å²) in [6.45, 7) is 24.9. The van der Waals surface area contributed by atoms with Crippen molar-refractivity contribution in [2.24, 2.45) is 21.2 Å². The zero-order valence-electron chi connectivity index (χ0n) is 21.5. The lowest BCUT2D eigenvalue weighted by atomic mass is 9.70. The second kappa shape index (κ2) is 8.27. The summed E-state index contributed by atoms with van der Waals surface area (Å²) in [5.41, 5.74) is 4.49. The van der Waals surface area contributed by atoms with Gasteiger partial charge in [-0.05, 0) is 34.1 Å². The van der Waals surface area contributed by atoms with Crippen molar-refractivity contribution in [3.05, 3.63) is 41.1 Å². The normalized spacial score (nSPS) is 21.2. The van der Waals surface area contributed by atoms with Crippen molar-refractivity contribution < 1.29 is 4.74 Å². The highest BCUT2D eigenvalue weighted by atomic mass is 16.5. The molecule has 0 radical (unpaired) electrons. The third kappa shape index (κ3) is 5.16. The number of benzene rings is 1. The molecule has 4 nitrogen and oxygen atoms in total. The van der Waals surface area contributed by atoms with Gasteiger partial charge in [-0.1, -0.05) is 74.4 Å². The third-order valence-corrected chi connectivity index (χ3v) is 6.29. The van der Waals surface area contributed by atoms with Crippen LogP contribution in [-0.4, -0.2) is 48.4 Å². The van der Waals surface area contributed by atoms with Crippen LogP contribution in [-0.2, 0) is 6.54 Å². The molecule has 0 spiro atoms. The summed E-state index contributed by atoms with van der Waals surface area (Å²) in [5.74, 6) is 2.16. The Labute approximate surface area is 190 Å². The molecule has 2 aliphatic heterocycles. The summed E-state index contributed by atoms with van der Waals surface area (Å²) in [6.07, 6.45) is 0. The first-order valence-corrected chi connectivity index (χ1v) is 11.7. The van der Waals surface area contributed by atoms with Gasteiger partial charge in [0.05, 0.1) is 13.2 Å². The summed E-state index contributed by atoms with van der Waals surface area (Å²) >= 11 is 0. The van der Waals surface area contributed by atoms with Crippen LogP contribution in [0.25, 0.3) is 0 Å². The largest absolute Gasteiger partial charge is 0.497 e. The number of nitrogens with zero attached hydrogens (tertiary/aromatic N) is 3. The van der Waals surface area contributed by atoms with E-state index in [4.69, 9.17) is 9.73 Å². The van der Waals surface area contributed by atoms with Crippen molar-refractivity contribution in [3.8, 4) is 5.75 Å². The lowest BCUT2D eigenvalue weighted by Gasteiger charge is -2.51. The van der Waals surface area contributed by atoms with E-state index in [9.17, 15) is 0 Å². The summed E-state index contributed by atoms with van der Waals surface area (Å²) in [5, 5.41) is 0. The molecule has 0 amide bonds. The topological polar surface area (TPSA) is 28.1 Å². The van der Waals surface area contributed by atoms with Crippen LogP contribution in [0.4, 0.5) is 0 Å². The Bertz CT molecular complexity index is 844. The number of aliphatic imine (C=N–C) groups is 1. The smallest absolute Gasteiger partial charge is 0.118 e. The minimum absolute atomic E-state index is 0.0241. The zero-order valence-corrected chi connectivity index (χ0v) is 21.5. The van der Waals surface area contributed by atoms with E-state index in [1.54, 1.807) is 7.11 Å². The molecule has 3 rings (SSSR count). The number of ether oxygens (including phenoxy) is 1. The fourth-order valence-electron chi connectivity index (χ4n) is 4.82. The minimum Gasteiger partial charge on any atom is -0.497 e. The average Bonchev–Trinajstić information content (AvgIpc) is 2.64. The molecular weight excluding hydrogens is 382 g/mol. The Morgan fingerprint density at radius 2 is 1.52 bits per heavy atom. The van der Waals surface area contributed by atoms with Gasteiger partial charge in [-0.3, -0.25) is 9.89 Å². The van der Waals surface area contributed by atoms with E-state index in [2.05, 4.69) is 96.4 Å². The highest BCUT2D eigenvalue weighted by Crippen LogP contribution is 2.45. The monoisotopic (exact) mass is 425 g/mol. The first kappa shape index (κ1) is 23.8. The molecule has 2 heterocycles. The van der Waals surface area contributed by atoms with Crippen molar-refractivity contribution in [2.75, 3.05) is 26.7 Å². The van der Waals surface area contributed by atoms with Crippen LogP contribution < -0.4 is 4.74 Å². The lowest BCUT2D eigenvalue weighted by molar-refractivity contribution is 0.184. The van der Waals surface area contributed by atoms with Gasteiger partial charge in [-0.25, -0.2) is 0 Å². The Hall–Kier alpha value is -1.81. The highest BCUT2D eigenvalue weighted by molar-refractivity contribution is 5.90. The average molecular weight is 426 g/mol. The van der Waals surface area contributed by atoms with Gasteiger partial charge in [0.1, 0.15) is 11.6 Å². The molecule has 1 atom stereocenters. The minimum atomic E-state index is 0.0241. The molecule has 0 aliphatic carbocycles. The van der Waals surface area contributed by atoms with Gasteiger partial charge in [0, 0.05) is 37.3 Å². The van der Waals surface area contributed by atoms with Gasteiger partial charge in [-0.15, -0.1) is 0 Å². The Balaban J connectivity index is 2.00. The standard InChI is InChI=1S/C27H43N3O/c1-25(2,3)22-21-18-29(17-19-11-13-20(31-10)14-12-19)15-16-30(21)24(27(7,8)9)28-23(22)26(4,5)6/h11-14,23H,15-18H2,1-10H3. The van der Waals surface area contributed by atoms with Gasteiger partial charge in [-0.2, -0.15) is 0 Å². The van der Waals surface area contributed by atoms with E-state index >= 15 is 0 Å². The number of piperazine rings is 1. The molecule has 4 heteroatoms. The number of methoxy groups -OCH3 is 1. The highest BCUT2D eigenvalue weighted by Gasteiger charge is 2.44. The van der Waals surface area contributed by atoms with Crippen molar-refractivity contribution in [1.29, 1.82) is 0 Å². The quantitative estimate of drug-likeness (QED) is 0.596. The second-order valence-electron chi connectivity index (χ2n) is 12.3. The van der Waals surface area contributed by atoms with Crippen molar-refractivity contribution >= 4 is 5.84 Å². The van der Waals surface area contributed by atoms with E-state index in [1.165, 1.54) is 22.7 Å². The van der Waals surface area contributed by atoms with Crippen LogP contribution in [0.5, 0.6) is 5.75 Å². The van der Waals surface area contributed by atoms with Crippen LogP contribution in [0.15, 0.2) is 40.5 Å². The van der Waals surface area contributed by atoms with Gasteiger partial charge < -0.3 is 9.64 Å². The van der Waals surface area contributed by atoms with Crippen molar-refractivity contribution in [3.63, 3.8) is 0 Å². The molecule has 0 aromatic heterocycles. The van der Waals surface area contributed by atoms with Crippen LogP contribution in [0.2, 0.25) is 0 Å². The number of hydrogen-bond donors (Lipinski definition) is 0. The third-order valence-electron chi connectivity index (χ3n) is 6.29. The summed E-state index contributed by atoms with van der Waals surface area (Å²) in [6, 6.07) is 8.70. The Morgan fingerprint density at radius 3 is 2.00 bits per heavy atom. The number of fused-ring (bicyclic) bond motifs is 1. The fraction of sp³-hybridized carbons (Fsp3) is 0.667. The van der Waals surface area contributed by atoms with E-state index in [0.29, 0.717) is 0 Å². The first-order valence-electron chi connectivity index (χ1n) is 11.7. The molecule has 172 valence electrons. The number of amidine groups is 1. The summed E-state index contributed by atoms with van der Waals surface area (Å²) in [4.78, 5) is 10.6. The predicted octanol–water partition coefficient (Wildman–Crippen LogP) is 5.99.